The molecule has 0 radical (unpaired) electrons. The molecule has 0 aliphatic carbocycles. The lowest BCUT2D eigenvalue weighted by molar-refractivity contribution is 0.0998. The quantitative estimate of drug-likeness (QED) is 0.662. The number of primary amides is 1. The van der Waals surface area contributed by atoms with Gasteiger partial charge in [0.2, 0.25) is 5.91 Å². The number of amides is 1. The van der Waals surface area contributed by atoms with Crippen LogP contribution in [0, 0.1) is 0 Å². The SMILES string of the molecule is NC(=O)c1c(Br)cccc1CNC[C@H](O)CCc1ccccc1. The van der Waals surface area contributed by atoms with E-state index in [0.29, 0.717) is 29.5 Å². The van der Waals surface area contributed by atoms with Gasteiger partial charge in [-0.05, 0) is 46.0 Å². The van der Waals surface area contributed by atoms with Crippen molar-refractivity contribution >= 4 is 21.8 Å². The molecule has 0 heterocycles. The number of nitrogens with two attached hydrogens (primary N) is 1. The molecule has 0 aromatic heterocycles. The lowest BCUT2D eigenvalue weighted by Crippen LogP contribution is -2.28. The summed E-state index contributed by atoms with van der Waals surface area (Å²) in [6.45, 7) is 0.956. The lowest BCUT2D eigenvalue weighted by atomic mass is 10.1. The molecule has 0 aliphatic rings. The number of benzene rings is 2. The number of aryl methyl sites for hydroxylation is 1. The third kappa shape index (κ3) is 5.46. The van der Waals surface area contributed by atoms with Crippen LogP contribution in [0.5, 0.6) is 0 Å². The van der Waals surface area contributed by atoms with Crippen LogP contribution in [0.25, 0.3) is 0 Å². The van der Waals surface area contributed by atoms with Crippen molar-refractivity contribution in [3.05, 3.63) is 69.7 Å². The number of aliphatic hydroxyl groups excluding tert-OH is 1. The Balaban J connectivity index is 1.81. The van der Waals surface area contributed by atoms with Gasteiger partial charge in [-0.2, -0.15) is 0 Å². The van der Waals surface area contributed by atoms with Crippen LogP contribution in [0.2, 0.25) is 0 Å². The van der Waals surface area contributed by atoms with Gasteiger partial charge >= 0.3 is 0 Å². The fourth-order valence-electron chi connectivity index (χ4n) is 2.45. The molecule has 1 atom stereocenters. The van der Waals surface area contributed by atoms with Gasteiger partial charge in [0.1, 0.15) is 0 Å². The molecular formula is C18H21BrN2O2. The summed E-state index contributed by atoms with van der Waals surface area (Å²) in [6, 6.07) is 15.6. The Morgan fingerprint density at radius 1 is 1.17 bits per heavy atom. The Hall–Kier alpha value is -1.69. The van der Waals surface area contributed by atoms with E-state index < -0.39 is 12.0 Å². The third-order valence-electron chi connectivity index (χ3n) is 3.65. The summed E-state index contributed by atoms with van der Waals surface area (Å²) in [5.74, 6) is -0.459. The third-order valence-corrected chi connectivity index (χ3v) is 4.31. The summed E-state index contributed by atoms with van der Waals surface area (Å²) in [4.78, 5) is 11.5. The minimum atomic E-state index is -0.459. The van der Waals surface area contributed by atoms with E-state index in [2.05, 4.69) is 33.4 Å². The molecule has 5 heteroatoms. The molecule has 0 saturated heterocycles. The summed E-state index contributed by atoms with van der Waals surface area (Å²) in [5, 5.41) is 13.2. The van der Waals surface area contributed by atoms with E-state index >= 15 is 0 Å². The second-order valence-corrected chi connectivity index (χ2v) is 6.30. The van der Waals surface area contributed by atoms with Crippen LogP contribution in [0.15, 0.2) is 53.0 Å². The Kier molecular flexibility index (Phi) is 6.77. The van der Waals surface area contributed by atoms with E-state index in [-0.39, 0.29) is 0 Å². The molecule has 2 aromatic carbocycles. The second kappa shape index (κ2) is 8.82. The minimum Gasteiger partial charge on any atom is -0.392 e. The van der Waals surface area contributed by atoms with Crippen molar-refractivity contribution in [2.75, 3.05) is 6.54 Å². The average Bonchev–Trinajstić information content (AvgIpc) is 2.53. The van der Waals surface area contributed by atoms with Crippen LogP contribution in [0.3, 0.4) is 0 Å². The summed E-state index contributed by atoms with van der Waals surface area (Å²) in [5.41, 5.74) is 7.94. The molecule has 122 valence electrons. The zero-order valence-corrected chi connectivity index (χ0v) is 14.4. The van der Waals surface area contributed by atoms with E-state index in [1.807, 2.05) is 30.3 Å². The van der Waals surface area contributed by atoms with Gasteiger partial charge in [-0.15, -0.1) is 0 Å². The summed E-state index contributed by atoms with van der Waals surface area (Å²) in [7, 11) is 0. The maximum atomic E-state index is 11.5. The molecule has 23 heavy (non-hydrogen) atoms. The summed E-state index contributed by atoms with van der Waals surface area (Å²) in [6.07, 6.45) is 1.10. The molecule has 0 unspecified atom stereocenters. The lowest BCUT2D eigenvalue weighted by Gasteiger charge is -2.13. The number of hydrogen-bond donors (Lipinski definition) is 3. The Bertz CT molecular complexity index is 647. The zero-order chi connectivity index (χ0) is 16.7. The molecule has 0 saturated carbocycles. The molecule has 0 spiro atoms. The summed E-state index contributed by atoms with van der Waals surface area (Å²) < 4.78 is 0.689. The molecule has 0 bridgehead atoms. The van der Waals surface area contributed by atoms with Crippen LogP contribution >= 0.6 is 15.9 Å². The number of carbonyl (C=O) groups is 1. The molecule has 1 amide bonds. The predicted molar refractivity (Wildman–Crippen MR) is 95.1 cm³/mol. The number of nitrogens with one attached hydrogen (secondary N) is 1. The maximum absolute atomic E-state index is 11.5. The maximum Gasteiger partial charge on any atom is 0.250 e. The Morgan fingerprint density at radius 3 is 2.61 bits per heavy atom. The normalized spacial score (nSPS) is 12.1. The highest BCUT2D eigenvalue weighted by molar-refractivity contribution is 9.10. The Morgan fingerprint density at radius 2 is 1.91 bits per heavy atom. The van der Waals surface area contributed by atoms with Crippen LogP contribution in [-0.4, -0.2) is 23.7 Å². The molecule has 4 nitrogen and oxygen atoms in total. The standard InChI is InChI=1S/C18H21BrN2O2/c19-16-8-4-7-14(17(16)18(20)23)11-21-12-15(22)10-9-13-5-2-1-3-6-13/h1-8,15,21-22H,9-12H2,(H2,20,23)/t15-/m1/s1. The first-order valence-electron chi connectivity index (χ1n) is 7.58. The molecule has 0 aliphatic heterocycles. The zero-order valence-electron chi connectivity index (χ0n) is 12.8. The van der Waals surface area contributed by atoms with Gasteiger partial charge in [0.15, 0.2) is 0 Å². The first-order valence-corrected chi connectivity index (χ1v) is 8.37. The van der Waals surface area contributed by atoms with Crippen LogP contribution in [0.1, 0.15) is 27.9 Å². The number of halogens is 1. The largest absolute Gasteiger partial charge is 0.392 e. The molecular weight excluding hydrogens is 356 g/mol. The second-order valence-electron chi connectivity index (χ2n) is 5.45. The molecule has 2 rings (SSSR count). The number of carbonyl (C=O) groups excluding carboxylic acids is 1. The van der Waals surface area contributed by atoms with Gasteiger partial charge < -0.3 is 16.2 Å². The van der Waals surface area contributed by atoms with Gasteiger partial charge in [-0.1, -0.05) is 42.5 Å². The first-order chi connectivity index (χ1) is 11.1. The highest BCUT2D eigenvalue weighted by atomic mass is 79.9. The summed E-state index contributed by atoms with van der Waals surface area (Å²) >= 11 is 3.34. The predicted octanol–water partition coefficient (Wildman–Crippen LogP) is 2.63. The molecule has 4 N–H and O–H groups in total. The van der Waals surface area contributed by atoms with Crippen molar-refractivity contribution in [2.45, 2.75) is 25.5 Å². The molecule has 0 fully saturated rings. The first kappa shape index (κ1) is 17.7. The van der Waals surface area contributed by atoms with E-state index in [1.165, 1.54) is 5.56 Å². The van der Waals surface area contributed by atoms with Crippen LogP contribution < -0.4 is 11.1 Å². The monoisotopic (exact) mass is 376 g/mol. The fourth-order valence-corrected chi connectivity index (χ4v) is 3.05. The topological polar surface area (TPSA) is 75.4 Å². The van der Waals surface area contributed by atoms with E-state index in [9.17, 15) is 9.90 Å². The average molecular weight is 377 g/mol. The van der Waals surface area contributed by atoms with Crippen molar-refractivity contribution in [3.63, 3.8) is 0 Å². The van der Waals surface area contributed by atoms with Gasteiger partial charge in [-0.25, -0.2) is 0 Å². The minimum absolute atomic E-state index is 0.431. The van der Waals surface area contributed by atoms with Gasteiger partial charge in [0.05, 0.1) is 11.7 Å². The van der Waals surface area contributed by atoms with E-state index in [1.54, 1.807) is 6.07 Å². The van der Waals surface area contributed by atoms with Crippen molar-refractivity contribution in [1.29, 1.82) is 0 Å². The highest BCUT2D eigenvalue weighted by Gasteiger charge is 2.12. The van der Waals surface area contributed by atoms with Gasteiger partial charge in [0.25, 0.3) is 0 Å². The smallest absolute Gasteiger partial charge is 0.250 e. The fraction of sp³-hybridized carbons (Fsp3) is 0.278. The highest BCUT2D eigenvalue weighted by Crippen LogP contribution is 2.20. The van der Waals surface area contributed by atoms with Crippen LogP contribution in [0.4, 0.5) is 0 Å². The number of aliphatic hydroxyl groups is 1. The molecule has 2 aromatic rings. The number of hydrogen-bond acceptors (Lipinski definition) is 3. The van der Waals surface area contributed by atoms with Crippen molar-refractivity contribution in [3.8, 4) is 0 Å². The number of rotatable bonds is 8. The van der Waals surface area contributed by atoms with Crippen LogP contribution in [-0.2, 0) is 13.0 Å². The van der Waals surface area contributed by atoms with E-state index in [0.717, 1.165) is 12.0 Å². The van der Waals surface area contributed by atoms with Gasteiger partial charge in [-0.3, -0.25) is 4.79 Å². The van der Waals surface area contributed by atoms with E-state index in [4.69, 9.17) is 5.73 Å². The Labute approximate surface area is 144 Å². The van der Waals surface area contributed by atoms with Crippen molar-refractivity contribution in [2.24, 2.45) is 5.73 Å². The van der Waals surface area contributed by atoms with Crippen molar-refractivity contribution in [1.82, 2.24) is 5.32 Å². The van der Waals surface area contributed by atoms with Gasteiger partial charge in [0, 0.05) is 17.6 Å². The van der Waals surface area contributed by atoms with Crippen molar-refractivity contribution < 1.29 is 9.90 Å².